The van der Waals surface area contributed by atoms with Crippen molar-refractivity contribution in [3.63, 3.8) is 0 Å². The summed E-state index contributed by atoms with van der Waals surface area (Å²) in [5, 5.41) is 31.8. The second-order valence-corrected chi connectivity index (χ2v) is 5.10. The fourth-order valence-electron chi connectivity index (χ4n) is 2.24. The van der Waals surface area contributed by atoms with Crippen LogP contribution in [-0.2, 0) is 0 Å². The summed E-state index contributed by atoms with van der Waals surface area (Å²) in [5.41, 5.74) is 0. The van der Waals surface area contributed by atoms with Crippen molar-refractivity contribution in [3.8, 4) is 0 Å². The van der Waals surface area contributed by atoms with E-state index in [0.29, 0.717) is 0 Å². The lowest BCUT2D eigenvalue weighted by molar-refractivity contribution is -0.0564. The lowest BCUT2D eigenvalue weighted by atomic mass is 9.94. The van der Waals surface area contributed by atoms with Crippen molar-refractivity contribution in [2.24, 2.45) is 0 Å². The van der Waals surface area contributed by atoms with E-state index in [1.165, 1.54) is 38.2 Å². The van der Waals surface area contributed by atoms with Gasteiger partial charge in [0, 0.05) is 0 Å². The van der Waals surface area contributed by atoms with Gasteiger partial charge in [-0.25, -0.2) is 0 Å². The van der Waals surface area contributed by atoms with Gasteiger partial charge in [0.25, 0.3) is 0 Å². The van der Waals surface area contributed by atoms with Gasteiger partial charge in [-0.05, 0) is 13.0 Å². The van der Waals surface area contributed by atoms with E-state index in [0.717, 1.165) is 13.0 Å². The summed E-state index contributed by atoms with van der Waals surface area (Å²) in [6.45, 7) is 3.04. The van der Waals surface area contributed by atoms with Crippen molar-refractivity contribution in [1.82, 2.24) is 5.32 Å². The van der Waals surface area contributed by atoms with E-state index in [2.05, 4.69) is 12.2 Å². The summed E-state index contributed by atoms with van der Waals surface area (Å²) in [6, 6.07) is -0.251. The third kappa shape index (κ3) is 6.72. The van der Waals surface area contributed by atoms with E-state index in [1.807, 2.05) is 0 Å². The molecular formula is C14H28ClNO3. The molecule has 0 unspecified atom stereocenters. The molecular weight excluding hydrogens is 266 g/mol. The molecule has 1 aliphatic carbocycles. The Balaban J connectivity index is 0.00000324. The van der Waals surface area contributed by atoms with Gasteiger partial charge in [0.05, 0.1) is 6.04 Å². The highest BCUT2D eigenvalue weighted by molar-refractivity contribution is 5.85. The van der Waals surface area contributed by atoms with Crippen LogP contribution in [0, 0.1) is 0 Å². The number of hydrogen-bond donors (Lipinski definition) is 4. The molecule has 0 radical (unpaired) electrons. The van der Waals surface area contributed by atoms with Gasteiger partial charge < -0.3 is 20.6 Å². The maximum Gasteiger partial charge on any atom is 0.111 e. The average Bonchev–Trinajstić information content (AvgIpc) is 2.37. The summed E-state index contributed by atoms with van der Waals surface area (Å²) in [5.74, 6) is 0. The van der Waals surface area contributed by atoms with Crippen molar-refractivity contribution in [1.29, 1.82) is 0 Å². The Hall–Kier alpha value is -0.130. The molecule has 1 rings (SSSR count). The van der Waals surface area contributed by atoms with E-state index in [4.69, 9.17) is 0 Å². The van der Waals surface area contributed by atoms with Crippen molar-refractivity contribution < 1.29 is 15.3 Å². The maximum atomic E-state index is 9.76. The SMILES string of the molecule is CCCCCCCCN[C@@H]1C=C[C@H](O)[C@H](O)[C@H]1O.Cl. The van der Waals surface area contributed by atoms with Crippen LogP contribution >= 0.6 is 12.4 Å². The minimum atomic E-state index is -1.09. The standard InChI is InChI=1S/C14H27NO3.ClH/c1-2-3-4-5-6-7-10-15-11-8-9-12(16)14(18)13(11)17;/h8-9,11-18H,2-7,10H2,1H3;1H/t11-,12+,13+,14+;/m1./s1. The normalized spacial score (nSPS) is 30.1. The molecule has 0 aliphatic heterocycles. The summed E-state index contributed by atoms with van der Waals surface area (Å²) in [7, 11) is 0. The highest BCUT2D eigenvalue weighted by Crippen LogP contribution is 2.13. The molecule has 0 amide bonds. The van der Waals surface area contributed by atoms with Gasteiger partial charge in [-0.15, -0.1) is 12.4 Å². The fraction of sp³-hybridized carbons (Fsp3) is 0.857. The molecule has 0 saturated heterocycles. The zero-order valence-corrected chi connectivity index (χ0v) is 12.5. The summed E-state index contributed by atoms with van der Waals surface area (Å²) in [4.78, 5) is 0. The first-order valence-corrected chi connectivity index (χ1v) is 7.12. The molecule has 4 atom stereocenters. The Bertz CT molecular complexity index is 251. The van der Waals surface area contributed by atoms with Crippen molar-refractivity contribution >= 4 is 12.4 Å². The third-order valence-electron chi connectivity index (χ3n) is 3.49. The monoisotopic (exact) mass is 293 g/mol. The van der Waals surface area contributed by atoms with Gasteiger partial charge in [-0.3, -0.25) is 0 Å². The zero-order chi connectivity index (χ0) is 13.4. The molecule has 0 spiro atoms. The van der Waals surface area contributed by atoms with Crippen LogP contribution in [0.2, 0.25) is 0 Å². The summed E-state index contributed by atoms with van der Waals surface area (Å²) in [6.07, 6.45) is 7.72. The van der Waals surface area contributed by atoms with Gasteiger partial charge in [-0.2, -0.15) is 0 Å². The van der Waals surface area contributed by atoms with Gasteiger partial charge in [-0.1, -0.05) is 51.2 Å². The molecule has 4 N–H and O–H groups in total. The van der Waals surface area contributed by atoms with Crippen LogP contribution < -0.4 is 5.32 Å². The predicted molar refractivity (Wildman–Crippen MR) is 79.6 cm³/mol. The number of unbranched alkanes of at least 4 members (excludes halogenated alkanes) is 5. The van der Waals surface area contributed by atoms with Gasteiger partial charge >= 0.3 is 0 Å². The zero-order valence-electron chi connectivity index (χ0n) is 11.7. The molecule has 0 heterocycles. The number of halogens is 1. The topological polar surface area (TPSA) is 72.7 Å². The highest BCUT2D eigenvalue weighted by Gasteiger charge is 2.32. The first-order valence-electron chi connectivity index (χ1n) is 7.12. The predicted octanol–water partition coefficient (Wildman–Crippen LogP) is 1.38. The summed E-state index contributed by atoms with van der Waals surface area (Å²) >= 11 is 0. The molecule has 19 heavy (non-hydrogen) atoms. The molecule has 0 fully saturated rings. The minimum absolute atomic E-state index is 0. The van der Waals surface area contributed by atoms with Crippen LogP contribution in [0.1, 0.15) is 45.4 Å². The second-order valence-electron chi connectivity index (χ2n) is 5.10. The van der Waals surface area contributed by atoms with Gasteiger partial charge in [0.1, 0.15) is 18.3 Å². The first kappa shape index (κ1) is 18.9. The average molecular weight is 294 g/mol. The highest BCUT2D eigenvalue weighted by atomic mass is 35.5. The van der Waals surface area contributed by atoms with E-state index in [-0.39, 0.29) is 18.4 Å². The van der Waals surface area contributed by atoms with Crippen LogP contribution in [0.5, 0.6) is 0 Å². The van der Waals surface area contributed by atoms with Gasteiger partial charge in [0.15, 0.2) is 0 Å². The molecule has 1 aliphatic rings. The van der Waals surface area contributed by atoms with E-state index >= 15 is 0 Å². The van der Waals surface area contributed by atoms with Gasteiger partial charge in [0.2, 0.25) is 0 Å². The quantitative estimate of drug-likeness (QED) is 0.403. The van der Waals surface area contributed by atoms with E-state index in [9.17, 15) is 15.3 Å². The molecule has 5 heteroatoms. The van der Waals surface area contributed by atoms with E-state index < -0.39 is 18.3 Å². The second kappa shape index (κ2) is 10.6. The molecule has 0 bridgehead atoms. The number of nitrogens with one attached hydrogen (secondary N) is 1. The lowest BCUT2D eigenvalue weighted by Gasteiger charge is -2.31. The lowest BCUT2D eigenvalue weighted by Crippen LogP contribution is -2.52. The Labute approximate surface area is 122 Å². The molecule has 114 valence electrons. The Morgan fingerprint density at radius 3 is 2.21 bits per heavy atom. The van der Waals surface area contributed by atoms with Crippen LogP contribution in [0.15, 0.2) is 12.2 Å². The molecule has 0 saturated carbocycles. The van der Waals surface area contributed by atoms with Crippen LogP contribution in [-0.4, -0.2) is 46.2 Å². The Morgan fingerprint density at radius 1 is 0.895 bits per heavy atom. The first-order chi connectivity index (χ1) is 8.66. The maximum absolute atomic E-state index is 9.76. The Morgan fingerprint density at radius 2 is 1.53 bits per heavy atom. The number of hydrogen-bond acceptors (Lipinski definition) is 4. The van der Waals surface area contributed by atoms with Crippen molar-refractivity contribution in [3.05, 3.63) is 12.2 Å². The number of aliphatic hydroxyl groups is 3. The fourth-order valence-corrected chi connectivity index (χ4v) is 2.24. The molecule has 0 aromatic carbocycles. The number of rotatable bonds is 8. The molecule has 0 aromatic rings. The van der Waals surface area contributed by atoms with Crippen molar-refractivity contribution in [2.75, 3.05) is 6.54 Å². The minimum Gasteiger partial charge on any atom is -0.388 e. The molecule has 4 nitrogen and oxygen atoms in total. The largest absolute Gasteiger partial charge is 0.388 e. The van der Waals surface area contributed by atoms with Crippen LogP contribution in [0.3, 0.4) is 0 Å². The van der Waals surface area contributed by atoms with E-state index in [1.54, 1.807) is 6.08 Å². The number of aliphatic hydroxyl groups excluding tert-OH is 3. The van der Waals surface area contributed by atoms with Crippen LogP contribution in [0.25, 0.3) is 0 Å². The van der Waals surface area contributed by atoms with Crippen LogP contribution in [0.4, 0.5) is 0 Å². The Kier molecular flexibility index (Phi) is 10.6. The smallest absolute Gasteiger partial charge is 0.111 e. The third-order valence-corrected chi connectivity index (χ3v) is 3.49. The summed E-state index contributed by atoms with van der Waals surface area (Å²) < 4.78 is 0. The molecule has 0 aromatic heterocycles. The van der Waals surface area contributed by atoms with Crippen molar-refractivity contribution in [2.45, 2.75) is 69.8 Å².